The molecular weight excluding hydrogens is 444 g/mol. The third kappa shape index (κ3) is 8.01. The smallest absolute Gasteiger partial charge is 0.147 e. The van der Waals surface area contributed by atoms with Gasteiger partial charge in [0.25, 0.3) is 0 Å². The number of amides is 1. The van der Waals surface area contributed by atoms with Gasteiger partial charge in [0.05, 0.1) is 11.6 Å². The molecule has 0 aromatic heterocycles. The summed E-state index contributed by atoms with van der Waals surface area (Å²) in [6.07, 6.45) is 4.35. The van der Waals surface area contributed by atoms with Crippen LogP contribution < -0.4 is 14.7 Å². The number of carboxylic acid groups (broad SMARTS) is 1. The fourth-order valence-electron chi connectivity index (χ4n) is 3.04. The molecule has 9 heteroatoms. The summed E-state index contributed by atoms with van der Waals surface area (Å²) in [5.74, 6) is 0.963. The Morgan fingerprint density at radius 2 is 1.86 bits per heavy atom. The Hall–Kier alpha value is -0.350. The highest BCUT2D eigenvalue weighted by atomic mass is 33.7. The molecule has 2 rings (SSSR count). The molecule has 0 N–H and O–H groups in total. The summed E-state index contributed by atoms with van der Waals surface area (Å²) in [7, 11) is 6.55. The Bertz CT molecular complexity index is 653. The number of carbonyl (C=O) groups excluding carboxylic acids is 1. The van der Waals surface area contributed by atoms with Gasteiger partial charge in [0.1, 0.15) is 17.4 Å². The van der Waals surface area contributed by atoms with Gasteiger partial charge in [-0.05, 0) is 42.6 Å². The van der Waals surface area contributed by atoms with E-state index in [0.29, 0.717) is 17.3 Å². The zero-order chi connectivity index (χ0) is 21.3. The Labute approximate surface area is 190 Å². The van der Waals surface area contributed by atoms with Crippen LogP contribution in [0.4, 0.5) is 10.5 Å². The van der Waals surface area contributed by atoms with E-state index >= 15 is 0 Å². The number of carbonyl (C=O) groups is 1. The molecule has 0 fully saturated rings. The number of anilines is 1. The zero-order valence-electron chi connectivity index (χ0n) is 17.6. The summed E-state index contributed by atoms with van der Waals surface area (Å²) >= 11 is 0. The molecule has 0 radical (unpaired) electrons. The summed E-state index contributed by atoms with van der Waals surface area (Å²) in [6.45, 7) is 10.6. The first-order valence-electron chi connectivity index (χ1n) is 10.0. The number of para-hydroxylation sites is 1. The third-order valence-corrected chi connectivity index (χ3v) is 10.6. The van der Waals surface area contributed by atoms with Gasteiger partial charge in [-0.3, -0.25) is 0 Å². The number of rotatable bonds is 13. The summed E-state index contributed by atoms with van der Waals surface area (Å²) < 4.78 is 8.43. The van der Waals surface area contributed by atoms with Gasteiger partial charge in [0.15, 0.2) is 0 Å². The summed E-state index contributed by atoms with van der Waals surface area (Å²) in [5.41, 5.74) is 1.31. The number of hydrogen-bond donors (Lipinski definition) is 0. The average Bonchev–Trinajstić information content (AvgIpc) is 3.00. The Morgan fingerprint density at radius 3 is 2.48 bits per heavy atom. The van der Waals surface area contributed by atoms with Gasteiger partial charge in [0.2, 0.25) is 0 Å². The van der Waals surface area contributed by atoms with E-state index in [2.05, 4.69) is 18.2 Å². The molecule has 1 aromatic carbocycles. The van der Waals surface area contributed by atoms with Crippen molar-refractivity contribution in [2.24, 2.45) is 0 Å². The van der Waals surface area contributed by atoms with Crippen molar-refractivity contribution in [2.45, 2.75) is 65.4 Å². The molecule has 0 spiro atoms. The van der Waals surface area contributed by atoms with Crippen LogP contribution in [0.5, 0.6) is 5.75 Å². The molecule has 5 nitrogen and oxygen atoms in total. The first-order chi connectivity index (χ1) is 13.9. The second kappa shape index (κ2) is 12.5. The van der Waals surface area contributed by atoms with Crippen LogP contribution >= 0.6 is 41.4 Å². The van der Waals surface area contributed by atoms with Crippen molar-refractivity contribution in [3.05, 3.63) is 23.8 Å². The molecule has 1 aromatic rings. The van der Waals surface area contributed by atoms with E-state index in [1.165, 1.54) is 41.4 Å². The zero-order valence-corrected chi connectivity index (χ0v) is 20.9. The highest BCUT2D eigenvalue weighted by Gasteiger charge is 2.33. The third-order valence-electron chi connectivity index (χ3n) is 4.50. The number of hydrogen-bond acceptors (Lipinski definition) is 8. The predicted molar refractivity (Wildman–Crippen MR) is 129 cm³/mol. The van der Waals surface area contributed by atoms with Crippen LogP contribution in [-0.4, -0.2) is 35.0 Å². The summed E-state index contributed by atoms with van der Waals surface area (Å²) in [4.78, 5) is 13.1. The maximum atomic E-state index is 11.8. The second-order valence-electron chi connectivity index (χ2n) is 7.59. The minimum Gasteiger partial charge on any atom is -0.530 e. The lowest BCUT2D eigenvalue weighted by Crippen LogP contribution is -2.41. The normalized spacial score (nSPS) is 14.7. The van der Waals surface area contributed by atoms with Crippen LogP contribution in [0.2, 0.25) is 0 Å². The minimum absolute atomic E-state index is 0.296. The van der Waals surface area contributed by atoms with Gasteiger partial charge in [-0.2, -0.15) is 0 Å². The molecule has 164 valence electrons. The topological polar surface area (TPSA) is 55.8 Å². The SMILES string of the molecule is CCCCN(CCCC)SSSSCN(C(=O)[O-])c1cccc2c1OC(C)(C)C2. The van der Waals surface area contributed by atoms with Gasteiger partial charge >= 0.3 is 0 Å². The van der Waals surface area contributed by atoms with Gasteiger partial charge in [-0.1, -0.05) is 49.6 Å². The molecule has 0 unspecified atom stereocenters. The van der Waals surface area contributed by atoms with E-state index in [9.17, 15) is 9.90 Å². The van der Waals surface area contributed by atoms with Gasteiger partial charge in [0, 0.05) is 45.9 Å². The van der Waals surface area contributed by atoms with E-state index < -0.39 is 6.09 Å². The first kappa shape index (κ1) is 24.9. The van der Waals surface area contributed by atoms with Crippen LogP contribution in [0.25, 0.3) is 0 Å². The average molecular weight is 476 g/mol. The Morgan fingerprint density at radius 1 is 1.17 bits per heavy atom. The monoisotopic (exact) mass is 475 g/mol. The minimum atomic E-state index is -1.20. The van der Waals surface area contributed by atoms with E-state index in [1.807, 2.05) is 26.0 Å². The molecule has 0 atom stereocenters. The lowest BCUT2D eigenvalue weighted by Gasteiger charge is -2.27. The maximum absolute atomic E-state index is 11.8. The molecule has 0 bridgehead atoms. The van der Waals surface area contributed by atoms with Crippen molar-refractivity contribution in [1.29, 1.82) is 0 Å². The lowest BCUT2D eigenvalue weighted by molar-refractivity contribution is -0.246. The van der Waals surface area contributed by atoms with E-state index in [0.717, 1.165) is 25.1 Å². The number of fused-ring (bicyclic) bond motifs is 1. The molecular formula is C20H31N2O3S4-. The molecule has 1 heterocycles. The van der Waals surface area contributed by atoms with Crippen molar-refractivity contribution in [2.75, 3.05) is 23.9 Å². The van der Waals surface area contributed by atoms with Gasteiger partial charge < -0.3 is 19.5 Å². The van der Waals surface area contributed by atoms with Crippen molar-refractivity contribution in [1.82, 2.24) is 4.31 Å². The molecule has 0 aliphatic carbocycles. The maximum Gasteiger partial charge on any atom is 0.147 e. The van der Waals surface area contributed by atoms with Crippen LogP contribution in [-0.2, 0) is 6.42 Å². The van der Waals surface area contributed by atoms with Gasteiger partial charge in [-0.25, -0.2) is 4.31 Å². The lowest BCUT2D eigenvalue weighted by atomic mass is 10.0. The van der Waals surface area contributed by atoms with Crippen molar-refractivity contribution < 1.29 is 14.6 Å². The van der Waals surface area contributed by atoms with Crippen molar-refractivity contribution in [3.63, 3.8) is 0 Å². The highest BCUT2D eigenvalue weighted by Crippen LogP contribution is 2.47. The Kier molecular flexibility index (Phi) is 10.7. The standard InChI is InChI=1S/C20H32N2O3S4/c1-5-7-12-21(13-8-6-2)27-29-28-26-15-22(19(23)24)17-11-9-10-16-14-20(3,4)25-18(16)17/h9-11H,5-8,12-15H2,1-4H3,(H,23,24)/p-1. The number of unbranched alkanes of at least 4 members (excludes halogenated alkanes) is 2. The summed E-state index contributed by atoms with van der Waals surface area (Å²) in [5, 5.41) is 11.8. The van der Waals surface area contributed by atoms with E-state index in [1.54, 1.807) is 36.7 Å². The molecule has 0 saturated heterocycles. The molecule has 1 aliphatic rings. The number of ether oxygens (including phenoxy) is 1. The first-order valence-corrected chi connectivity index (χ1v) is 15.0. The van der Waals surface area contributed by atoms with Crippen molar-refractivity contribution >= 4 is 53.2 Å². The molecule has 1 amide bonds. The number of nitrogens with zero attached hydrogens (tertiary/aromatic N) is 2. The predicted octanol–water partition coefficient (Wildman–Crippen LogP) is 6.00. The van der Waals surface area contributed by atoms with Crippen LogP contribution in [0.15, 0.2) is 18.2 Å². The molecule has 0 saturated carbocycles. The van der Waals surface area contributed by atoms with E-state index in [-0.39, 0.29) is 5.60 Å². The summed E-state index contributed by atoms with van der Waals surface area (Å²) in [6, 6.07) is 5.67. The van der Waals surface area contributed by atoms with Crippen molar-refractivity contribution in [3.8, 4) is 5.75 Å². The van der Waals surface area contributed by atoms with Crippen LogP contribution in [0.1, 0.15) is 58.9 Å². The number of benzene rings is 1. The second-order valence-corrected chi connectivity index (χ2v) is 13.4. The van der Waals surface area contributed by atoms with E-state index in [4.69, 9.17) is 4.74 Å². The fourth-order valence-corrected chi connectivity index (χ4v) is 8.80. The van der Waals surface area contributed by atoms with Crippen LogP contribution in [0, 0.1) is 0 Å². The molecule has 29 heavy (non-hydrogen) atoms. The quantitative estimate of drug-likeness (QED) is 0.149. The Balaban J connectivity index is 1.87. The fraction of sp³-hybridized carbons (Fsp3) is 0.650. The highest BCUT2D eigenvalue weighted by molar-refractivity contribution is 9.25. The van der Waals surface area contributed by atoms with Gasteiger partial charge in [-0.15, -0.1) is 0 Å². The van der Waals surface area contributed by atoms with Crippen LogP contribution in [0.3, 0.4) is 0 Å². The molecule has 1 aliphatic heterocycles. The largest absolute Gasteiger partial charge is 0.530 e.